The van der Waals surface area contributed by atoms with Gasteiger partial charge in [0.2, 0.25) is 0 Å². The molecule has 0 radical (unpaired) electrons. The first-order valence-electron chi connectivity index (χ1n) is 11.8. The number of rotatable bonds is 5. The van der Waals surface area contributed by atoms with Crippen LogP contribution in [0.15, 0.2) is 0 Å². The van der Waals surface area contributed by atoms with Gasteiger partial charge in [0.1, 0.15) is 24.4 Å². The number of hydrogen-bond donors (Lipinski definition) is 6. The molecule has 4 rings (SSSR count). The van der Waals surface area contributed by atoms with E-state index in [0.717, 1.165) is 0 Å². The highest BCUT2D eigenvalue weighted by Crippen LogP contribution is 2.43. The monoisotopic (exact) mass is 478 g/mol. The van der Waals surface area contributed by atoms with E-state index in [9.17, 15) is 30.6 Å². The molecule has 2 aliphatic heterocycles. The second kappa shape index (κ2) is 10.7. The Hall–Kier alpha value is -0.440. The largest absolute Gasteiger partial charge is 0.393 e. The summed E-state index contributed by atoms with van der Waals surface area (Å²) in [6.45, 7) is -0.185. The predicted octanol–water partition coefficient (Wildman–Crippen LogP) is -2.10. The standard InChI is InChI=1S/C22H38O11/c1-29-15-3-9(4-16(30-2)19(15)27)21-17(33-22-20(28)18(26)13(25)8-31-22)7-11-12(24)5-10(23)6-14(11)32-21/h9-28H,3-8H2,1-2H3/t9?,10?,11?,12?,13-,14?,15?,16?,17?,18+,19?,20+,21?,22-/m0/s1. The third-order valence-corrected chi connectivity index (χ3v) is 7.86. The third-order valence-electron chi connectivity index (χ3n) is 7.86. The summed E-state index contributed by atoms with van der Waals surface area (Å²) in [6, 6.07) is 0. The molecule has 0 spiro atoms. The van der Waals surface area contributed by atoms with Crippen molar-refractivity contribution in [3.63, 3.8) is 0 Å². The van der Waals surface area contributed by atoms with Crippen molar-refractivity contribution in [1.29, 1.82) is 0 Å². The first-order chi connectivity index (χ1) is 15.7. The molecule has 8 unspecified atom stereocenters. The predicted molar refractivity (Wildman–Crippen MR) is 111 cm³/mol. The Bertz CT molecular complexity index is 623. The van der Waals surface area contributed by atoms with Gasteiger partial charge < -0.3 is 54.3 Å². The molecule has 0 amide bonds. The van der Waals surface area contributed by atoms with E-state index in [2.05, 4.69) is 0 Å². The van der Waals surface area contributed by atoms with Crippen LogP contribution in [0.1, 0.15) is 32.1 Å². The number of aliphatic hydroxyl groups excluding tert-OH is 6. The molecule has 12 atom stereocenters. The average Bonchev–Trinajstić information content (AvgIpc) is 2.79. The molecule has 0 bridgehead atoms. The molecule has 11 nitrogen and oxygen atoms in total. The second-order valence-corrected chi connectivity index (χ2v) is 9.93. The Morgan fingerprint density at radius 2 is 1.36 bits per heavy atom. The molecule has 11 heteroatoms. The van der Waals surface area contributed by atoms with Gasteiger partial charge in [-0.3, -0.25) is 0 Å². The van der Waals surface area contributed by atoms with E-state index in [4.69, 9.17) is 23.7 Å². The SMILES string of the molecule is COC1CC(C2OC3CC(O)CC(O)C3CC2O[C@@H]2OC[C@H](O)[C@@H](O)[C@H]2O)CC(OC)C1O. The van der Waals surface area contributed by atoms with Crippen LogP contribution < -0.4 is 0 Å². The summed E-state index contributed by atoms with van der Waals surface area (Å²) in [5.74, 6) is -0.404. The quantitative estimate of drug-likeness (QED) is 0.256. The van der Waals surface area contributed by atoms with Gasteiger partial charge in [-0.25, -0.2) is 0 Å². The maximum Gasteiger partial charge on any atom is 0.186 e. The van der Waals surface area contributed by atoms with E-state index >= 15 is 0 Å². The van der Waals surface area contributed by atoms with Crippen molar-refractivity contribution in [1.82, 2.24) is 0 Å². The number of ether oxygens (including phenoxy) is 5. The van der Waals surface area contributed by atoms with E-state index in [1.807, 2.05) is 0 Å². The van der Waals surface area contributed by atoms with Crippen molar-refractivity contribution < 1.29 is 54.3 Å². The lowest BCUT2D eigenvalue weighted by atomic mass is 9.72. The molecule has 33 heavy (non-hydrogen) atoms. The zero-order valence-corrected chi connectivity index (χ0v) is 19.1. The average molecular weight is 479 g/mol. The van der Waals surface area contributed by atoms with E-state index in [0.29, 0.717) is 25.7 Å². The Labute approximate surface area is 193 Å². The lowest BCUT2D eigenvalue weighted by molar-refractivity contribution is -0.314. The van der Waals surface area contributed by atoms with Gasteiger partial charge in [0, 0.05) is 20.1 Å². The van der Waals surface area contributed by atoms with Crippen LogP contribution in [0.3, 0.4) is 0 Å². The highest BCUT2D eigenvalue weighted by molar-refractivity contribution is 5.00. The molecule has 2 heterocycles. The van der Waals surface area contributed by atoms with Gasteiger partial charge in [-0.15, -0.1) is 0 Å². The van der Waals surface area contributed by atoms with Gasteiger partial charge >= 0.3 is 0 Å². The van der Waals surface area contributed by atoms with Crippen molar-refractivity contribution in [2.24, 2.45) is 11.8 Å². The van der Waals surface area contributed by atoms with E-state index in [-0.39, 0.29) is 31.0 Å². The van der Waals surface area contributed by atoms with Crippen LogP contribution in [0.5, 0.6) is 0 Å². The molecule has 2 saturated heterocycles. The van der Waals surface area contributed by atoms with Crippen LogP contribution in [0, 0.1) is 11.8 Å². The Morgan fingerprint density at radius 3 is 2.00 bits per heavy atom. The fourth-order valence-corrected chi connectivity index (χ4v) is 5.97. The maximum atomic E-state index is 10.6. The van der Waals surface area contributed by atoms with Gasteiger partial charge in [-0.05, 0) is 38.0 Å². The molecule has 6 N–H and O–H groups in total. The van der Waals surface area contributed by atoms with Gasteiger partial charge in [-0.1, -0.05) is 0 Å². The summed E-state index contributed by atoms with van der Waals surface area (Å²) in [6.07, 6.45) is -7.83. The summed E-state index contributed by atoms with van der Waals surface area (Å²) >= 11 is 0. The van der Waals surface area contributed by atoms with Crippen LogP contribution in [0.4, 0.5) is 0 Å². The number of aliphatic hydroxyl groups is 6. The highest BCUT2D eigenvalue weighted by atomic mass is 16.7. The summed E-state index contributed by atoms with van der Waals surface area (Å²) in [7, 11) is 3.06. The number of fused-ring (bicyclic) bond motifs is 1. The fraction of sp³-hybridized carbons (Fsp3) is 1.00. The van der Waals surface area contributed by atoms with Crippen LogP contribution >= 0.6 is 0 Å². The van der Waals surface area contributed by atoms with Gasteiger partial charge in [0.25, 0.3) is 0 Å². The van der Waals surface area contributed by atoms with Crippen LogP contribution in [-0.2, 0) is 23.7 Å². The van der Waals surface area contributed by atoms with Gasteiger partial charge in [0.15, 0.2) is 6.29 Å². The summed E-state index contributed by atoms with van der Waals surface area (Å²) in [5.41, 5.74) is 0. The molecule has 0 aromatic carbocycles. The van der Waals surface area contributed by atoms with Crippen molar-refractivity contribution in [3.8, 4) is 0 Å². The molecule has 2 saturated carbocycles. The Balaban J connectivity index is 1.56. The molecular formula is C22H38O11. The van der Waals surface area contributed by atoms with Crippen LogP contribution in [0.25, 0.3) is 0 Å². The highest BCUT2D eigenvalue weighted by Gasteiger charge is 2.52. The maximum absolute atomic E-state index is 10.6. The van der Waals surface area contributed by atoms with Crippen molar-refractivity contribution in [2.45, 2.75) is 106 Å². The summed E-state index contributed by atoms with van der Waals surface area (Å²) < 4.78 is 29.0. The molecule has 0 aromatic rings. The molecule has 4 fully saturated rings. The van der Waals surface area contributed by atoms with Crippen molar-refractivity contribution >= 4 is 0 Å². The molecule has 2 aliphatic carbocycles. The smallest absolute Gasteiger partial charge is 0.186 e. The zero-order valence-electron chi connectivity index (χ0n) is 19.1. The third kappa shape index (κ3) is 5.24. The number of hydrogen-bond acceptors (Lipinski definition) is 11. The second-order valence-electron chi connectivity index (χ2n) is 9.93. The molecule has 192 valence electrons. The minimum Gasteiger partial charge on any atom is -0.393 e. The molecular weight excluding hydrogens is 440 g/mol. The van der Waals surface area contributed by atoms with Gasteiger partial charge in [0.05, 0.1) is 49.3 Å². The normalized spacial score (nSPS) is 53.5. The van der Waals surface area contributed by atoms with E-state index in [1.165, 1.54) is 14.2 Å². The van der Waals surface area contributed by atoms with E-state index in [1.54, 1.807) is 0 Å². The lowest BCUT2D eigenvalue weighted by Crippen LogP contribution is -2.60. The topological polar surface area (TPSA) is 168 Å². The minimum absolute atomic E-state index is 0.137. The van der Waals surface area contributed by atoms with Crippen molar-refractivity contribution in [2.75, 3.05) is 20.8 Å². The fourth-order valence-electron chi connectivity index (χ4n) is 5.97. The Morgan fingerprint density at radius 1 is 0.697 bits per heavy atom. The Kier molecular flexibility index (Phi) is 8.29. The summed E-state index contributed by atoms with van der Waals surface area (Å²) in [4.78, 5) is 0. The molecule has 0 aromatic heterocycles. The first-order valence-corrected chi connectivity index (χ1v) is 11.8. The summed E-state index contributed by atoms with van der Waals surface area (Å²) in [5, 5.41) is 61.5. The molecule has 4 aliphatic rings. The van der Waals surface area contributed by atoms with E-state index < -0.39 is 67.3 Å². The van der Waals surface area contributed by atoms with Crippen molar-refractivity contribution in [3.05, 3.63) is 0 Å². The number of methoxy groups -OCH3 is 2. The lowest BCUT2D eigenvalue weighted by Gasteiger charge is -2.51. The zero-order chi connectivity index (χ0) is 23.9. The minimum atomic E-state index is -1.45. The first kappa shape index (κ1) is 25.6. The van der Waals surface area contributed by atoms with Gasteiger partial charge in [-0.2, -0.15) is 0 Å². The van der Waals surface area contributed by atoms with Crippen LogP contribution in [0.2, 0.25) is 0 Å². The van der Waals surface area contributed by atoms with Crippen LogP contribution in [-0.4, -0.2) is 125 Å².